The van der Waals surface area contributed by atoms with Crippen molar-refractivity contribution in [3.05, 3.63) is 0 Å². The van der Waals surface area contributed by atoms with E-state index in [-0.39, 0.29) is 23.2 Å². The first-order valence-electron chi connectivity index (χ1n) is 5.37. The predicted molar refractivity (Wildman–Crippen MR) is 67.9 cm³/mol. The van der Waals surface area contributed by atoms with Gasteiger partial charge in [0.15, 0.2) is 0 Å². The van der Waals surface area contributed by atoms with Gasteiger partial charge < -0.3 is 38.0 Å². The van der Waals surface area contributed by atoms with E-state index in [0.29, 0.717) is 0 Å². The first kappa shape index (κ1) is 25.2. The van der Waals surface area contributed by atoms with E-state index in [1.165, 1.54) is 0 Å². The number of carboxylic acid groups (broad SMARTS) is 4. The SMILES string of the molecule is N.NC(CC(=O)O)(CC(=O)O)C(N)(CC(=O)O)CC(=O)O.[Fe]. The summed E-state index contributed by atoms with van der Waals surface area (Å²) in [6.07, 6.45) is -3.90. The van der Waals surface area contributed by atoms with Gasteiger partial charge in [-0.2, -0.15) is 0 Å². The number of hydrogen-bond donors (Lipinski definition) is 7. The summed E-state index contributed by atoms with van der Waals surface area (Å²) in [5, 5.41) is 35.1. The number of rotatable bonds is 9. The minimum Gasteiger partial charge on any atom is -0.481 e. The van der Waals surface area contributed by atoms with Crippen LogP contribution in [0.4, 0.5) is 0 Å². The molecular formula is C10H19FeN3O8. The zero-order valence-electron chi connectivity index (χ0n) is 11.5. The molecule has 12 heteroatoms. The zero-order valence-corrected chi connectivity index (χ0v) is 12.6. The van der Waals surface area contributed by atoms with Crippen LogP contribution in [0.5, 0.6) is 0 Å². The van der Waals surface area contributed by atoms with Crippen LogP contribution >= 0.6 is 0 Å². The van der Waals surface area contributed by atoms with Gasteiger partial charge in [-0.15, -0.1) is 0 Å². The molecule has 0 unspecified atom stereocenters. The maximum Gasteiger partial charge on any atom is 0.305 e. The van der Waals surface area contributed by atoms with Crippen molar-refractivity contribution >= 4 is 23.9 Å². The summed E-state index contributed by atoms with van der Waals surface area (Å²) >= 11 is 0. The van der Waals surface area contributed by atoms with Crippen LogP contribution in [0.15, 0.2) is 0 Å². The Balaban J connectivity index is -0.00000180. The van der Waals surface area contributed by atoms with Crippen LogP contribution in [0, 0.1) is 0 Å². The van der Waals surface area contributed by atoms with Gasteiger partial charge in [0.2, 0.25) is 0 Å². The van der Waals surface area contributed by atoms with Gasteiger partial charge >= 0.3 is 23.9 Å². The summed E-state index contributed by atoms with van der Waals surface area (Å²) in [7, 11) is 0. The number of aliphatic carboxylic acids is 4. The Labute approximate surface area is 135 Å². The third kappa shape index (κ3) is 7.33. The summed E-state index contributed by atoms with van der Waals surface area (Å²) in [6, 6.07) is 0. The van der Waals surface area contributed by atoms with E-state index < -0.39 is 60.6 Å². The van der Waals surface area contributed by atoms with Crippen LogP contribution in [-0.2, 0) is 36.2 Å². The fourth-order valence-electron chi connectivity index (χ4n) is 1.91. The van der Waals surface area contributed by atoms with Gasteiger partial charge in [0.05, 0.1) is 36.8 Å². The monoisotopic (exact) mass is 365 g/mol. The summed E-state index contributed by atoms with van der Waals surface area (Å²) in [5.74, 6) is -6.06. The summed E-state index contributed by atoms with van der Waals surface area (Å²) in [4.78, 5) is 43.2. The molecule has 0 aromatic carbocycles. The third-order valence-corrected chi connectivity index (χ3v) is 2.86. The van der Waals surface area contributed by atoms with Crippen molar-refractivity contribution in [1.82, 2.24) is 6.15 Å². The molecule has 0 bridgehead atoms. The maximum atomic E-state index is 10.8. The molecule has 0 amide bonds. The van der Waals surface area contributed by atoms with Gasteiger partial charge in [-0.25, -0.2) is 0 Å². The second-order valence-electron chi connectivity index (χ2n) is 4.59. The Bertz CT molecular complexity index is 370. The number of carbonyl (C=O) groups is 4. The summed E-state index contributed by atoms with van der Waals surface area (Å²) in [5.41, 5.74) is 6.88. The molecule has 130 valence electrons. The van der Waals surface area contributed by atoms with E-state index in [1.807, 2.05) is 0 Å². The average Bonchev–Trinajstić information content (AvgIpc) is 2.10. The predicted octanol–water partition coefficient (Wildman–Crippen LogP) is -1.56. The van der Waals surface area contributed by atoms with Gasteiger partial charge in [-0.3, -0.25) is 19.2 Å². The smallest absolute Gasteiger partial charge is 0.305 e. The van der Waals surface area contributed by atoms with Crippen molar-refractivity contribution in [2.75, 3.05) is 0 Å². The maximum absolute atomic E-state index is 10.8. The van der Waals surface area contributed by atoms with E-state index in [1.54, 1.807) is 0 Å². The molecule has 11 nitrogen and oxygen atoms in total. The first-order valence-corrected chi connectivity index (χ1v) is 5.37. The van der Waals surface area contributed by atoms with Gasteiger partial charge in [-0.05, 0) is 0 Å². The Morgan fingerprint density at radius 2 is 0.773 bits per heavy atom. The molecule has 11 N–H and O–H groups in total. The van der Waals surface area contributed by atoms with Gasteiger partial charge in [-0.1, -0.05) is 0 Å². The zero-order chi connectivity index (χ0) is 16.1. The van der Waals surface area contributed by atoms with Crippen molar-refractivity contribution in [2.24, 2.45) is 11.5 Å². The standard InChI is InChI=1S/C10H16N2O8.Fe.H3N/c11-9(1-5(13)14,2-6(15)16)10(12,3-7(17)18)4-8(19)20;;/h1-4,11-12H2,(H,13,14)(H,15,16)(H,17,18)(H,19,20);;1H3. The summed E-state index contributed by atoms with van der Waals surface area (Å²) in [6.45, 7) is 0. The third-order valence-electron chi connectivity index (χ3n) is 2.86. The van der Waals surface area contributed by atoms with Crippen LogP contribution in [0.25, 0.3) is 0 Å². The average molecular weight is 365 g/mol. The fraction of sp³-hybridized carbons (Fsp3) is 0.600. The molecule has 0 rings (SSSR count). The van der Waals surface area contributed by atoms with Crippen LogP contribution in [0.2, 0.25) is 0 Å². The first-order chi connectivity index (χ1) is 8.92. The van der Waals surface area contributed by atoms with Crippen molar-refractivity contribution in [3.8, 4) is 0 Å². The number of hydrogen-bond acceptors (Lipinski definition) is 7. The molecule has 0 heterocycles. The van der Waals surface area contributed by atoms with Crippen molar-refractivity contribution < 1.29 is 56.7 Å². The molecule has 0 fully saturated rings. The van der Waals surface area contributed by atoms with E-state index in [2.05, 4.69) is 0 Å². The van der Waals surface area contributed by atoms with E-state index in [9.17, 15) is 19.2 Å². The van der Waals surface area contributed by atoms with Crippen LogP contribution in [0.1, 0.15) is 25.7 Å². The topological polar surface area (TPSA) is 236 Å². The van der Waals surface area contributed by atoms with Crippen molar-refractivity contribution in [2.45, 2.75) is 36.8 Å². The van der Waals surface area contributed by atoms with Crippen LogP contribution < -0.4 is 17.6 Å². The molecule has 22 heavy (non-hydrogen) atoms. The Kier molecular flexibility index (Phi) is 10.7. The van der Waals surface area contributed by atoms with Gasteiger partial charge in [0, 0.05) is 17.1 Å². The Morgan fingerprint density at radius 1 is 0.636 bits per heavy atom. The molecule has 0 aromatic heterocycles. The largest absolute Gasteiger partial charge is 0.481 e. The fourth-order valence-corrected chi connectivity index (χ4v) is 1.91. The molecular weight excluding hydrogens is 346 g/mol. The number of nitrogens with two attached hydrogens (primary N) is 2. The molecule has 0 aromatic rings. The normalized spacial score (nSPS) is 10.8. The Hall–Kier alpha value is -1.72. The molecule has 0 radical (unpaired) electrons. The van der Waals surface area contributed by atoms with Crippen LogP contribution in [-0.4, -0.2) is 55.4 Å². The molecule has 0 aliphatic heterocycles. The van der Waals surface area contributed by atoms with E-state index in [4.69, 9.17) is 31.9 Å². The molecule has 0 saturated carbocycles. The van der Waals surface area contributed by atoms with Gasteiger partial charge in [0.25, 0.3) is 0 Å². The van der Waals surface area contributed by atoms with Crippen LogP contribution in [0.3, 0.4) is 0 Å². The van der Waals surface area contributed by atoms with Crippen molar-refractivity contribution in [3.63, 3.8) is 0 Å². The van der Waals surface area contributed by atoms with Gasteiger partial charge in [0.1, 0.15) is 0 Å². The number of carboxylic acids is 4. The minimum atomic E-state index is -2.22. The second kappa shape index (κ2) is 9.33. The summed E-state index contributed by atoms with van der Waals surface area (Å²) < 4.78 is 0. The van der Waals surface area contributed by atoms with E-state index >= 15 is 0 Å². The quantitative estimate of drug-likeness (QED) is 0.231. The minimum absolute atomic E-state index is 0. The Morgan fingerprint density at radius 3 is 0.864 bits per heavy atom. The van der Waals surface area contributed by atoms with Crippen molar-refractivity contribution in [1.29, 1.82) is 0 Å². The second-order valence-corrected chi connectivity index (χ2v) is 4.59. The molecule has 0 aliphatic rings. The molecule has 0 spiro atoms. The van der Waals surface area contributed by atoms with E-state index in [0.717, 1.165) is 0 Å². The molecule has 0 atom stereocenters. The molecule has 0 aliphatic carbocycles. The molecule has 0 saturated heterocycles.